The number of nitrogens with one attached hydrogen (secondary N) is 2. The Labute approximate surface area is 193 Å². The molecule has 2 amide bonds. The molecular formula is C25H31N3O5. The summed E-state index contributed by atoms with van der Waals surface area (Å²) in [6.07, 6.45) is -0.727. The number of carbonyl (C=O) groups is 3. The van der Waals surface area contributed by atoms with E-state index in [0.29, 0.717) is 0 Å². The summed E-state index contributed by atoms with van der Waals surface area (Å²) in [6.45, 7) is 3.73. The number of hydrogen-bond acceptors (Lipinski definition) is 5. The van der Waals surface area contributed by atoms with Crippen LogP contribution in [0.15, 0.2) is 48.5 Å². The summed E-state index contributed by atoms with van der Waals surface area (Å²) in [5, 5.41) is 14.5. The van der Waals surface area contributed by atoms with E-state index in [-0.39, 0.29) is 25.0 Å². The smallest absolute Gasteiger partial charge is 0.407 e. The number of aliphatic carboxylic acids is 1. The molecule has 0 heterocycles. The first kappa shape index (κ1) is 24.3. The van der Waals surface area contributed by atoms with Gasteiger partial charge < -0.3 is 25.4 Å². The number of alkyl carbamates (subject to hydrolysis) is 1. The molecular weight excluding hydrogens is 422 g/mol. The third-order valence-electron chi connectivity index (χ3n) is 5.73. The molecule has 0 bridgehead atoms. The van der Waals surface area contributed by atoms with Gasteiger partial charge in [-0.2, -0.15) is 0 Å². The van der Waals surface area contributed by atoms with Gasteiger partial charge in [0.25, 0.3) is 0 Å². The number of carboxylic acid groups (broad SMARTS) is 1. The maximum atomic E-state index is 12.7. The molecule has 2 aromatic carbocycles. The third-order valence-corrected chi connectivity index (χ3v) is 5.73. The van der Waals surface area contributed by atoms with Crippen molar-refractivity contribution in [2.24, 2.45) is 5.92 Å². The van der Waals surface area contributed by atoms with Crippen LogP contribution in [0.2, 0.25) is 0 Å². The van der Waals surface area contributed by atoms with E-state index >= 15 is 0 Å². The molecule has 0 aliphatic heterocycles. The first-order chi connectivity index (χ1) is 15.7. The second kappa shape index (κ2) is 10.5. The Morgan fingerprint density at radius 1 is 0.970 bits per heavy atom. The summed E-state index contributed by atoms with van der Waals surface area (Å²) in [5.74, 6) is -2.09. The van der Waals surface area contributed by atoms with Gasteiger partial charge in [-0.05, 0) is 42.3 Å². The minimum absolute atomic E-state index is 0.0957. The quantitative estimate of drug-likeness (QED) is 0.539. The van der Waals surface area contributed by atoms with Crippen molar-refractivity contribution in [3.8, 4) is 11.1 Å². The van der Waals surface area contributed by atoms with Gasteiger partial charge in [0, 0.05) is 12.5 Å². The van der Waals surface area contributed by atoms with E-state index in [2.05, 4.69) is 22.8 Å². The number of benzene rings is 2. The standard InChI is InChI=1S/C25H31N3O5/c1-15(2)22(24(30)31)27-23(29)21(13-28(3)4)26-25(32)33-14-20-18-11-7-5-9-16(18)17-10-6-8-12-19(17)20/h5-12,15,20-22H,13-14H2,1-4H3,(H,26,32)(H,27,29)(H,30,31)/t21?,22-/m1/s1. The predicted molar refractivity (Wildman–Crippen MR) is 125 cm³/mol. The van der Waals surface area contributed by atoms with Crippen molar-refractivity contribution in [3.63, 3.8) is 0 Å². The molecule has 8 nitrogen and oxygen atoms in total. The van der Waals surface area contributed by atoms with Crippen LogP contribution in [0.1, 0.15) is 30.9 Å². The van der Waals surface area contributed by atoms with E-state index in [1.54, 1.807) is 32.8 Å². The van der Waals surface area contributed by atoms with Gasteiger partial charge in [0.05, 0.1) is 0 Å². The Hall–Kier alpha value is -3.39. The van der Waals surface area contributed by atoms with Crippen LogP contribution in [-0.4, -0.2) is 67.3 Å². The number of ether oxygens (including phenoxy) is 1. The fraction of sp³-hybridized carbons (Fsp3) is 0.400. The number of hydrogen-bond donors (Lipinski definition) is 3. The van der Waals surface area contributed by atoms with Crippen molar-refractivity contribution in [1.82, 2.24) is 15.5 Å². The normalized spacial score (nSPS) is 14.4. The molecule has 33 heavy (non-hydrogen) atoms. The number of fused-ring (bicyclic) bond motifs is 3. The topological polar surface area (TPSA) is 108 Å². The second-order valence-corrected chi connectivity index (χ2v) is 8.85. The molecule has 1 unspecified atom stereocenters. The van der Waals surface area contributed by atoms with Gasteiger partial charge >= 0.3 is 12.1 Å². The fourth-order valence-electron chi connectivity index (χ4n) is 4.11. The molecule has 8 heteroatoms. The molecule has 1 aliphatic carbocycles. The number of amides is 2. The largest absolute Gasteiger partial charge is 0.480 e. The molecule has 0 fully saturated rings. The molecule has 0 aromatic heterocycles. The lowest BCUT2D eigenvalue weighted by atomic mass is 9.98. The Morgan fingerprint density at radius 3 is 2.00 bits per heavy atom. The minimum atomic E-state index is -1.12. The van der Waals surface area contributed by atoms with E-state index in [4.69, 9.17) is 4.74 Å². The highest BCUT2D eigenvalue weighted by Gasteiger charge is 2.31. The monoisotopic (exact) mass is 453 g/mol. The van der Waals surface area contributed by atoms with Crippen LogP contribution in [0.5, 0.6) is 0 Å². The van der Waals surface area contributed by atoms with Crippen LogP contribution in [0.3, 0.4) is 0 Å². The van der Waals surface area contributed by atoms with Crippen molar-refractivity contribution in [3.05, 3.63) is 59.7 Å². The second-order valence-electron chi connectivity index (χ2n) is 8.85. The van der Waals surface area contributed by atoms with Crippen LogP contribution in [0.25, 0.3) is 11.1 Å². The van der Waals surface area contributed by atoms with Crippen LogP contribution in [0, 0.1) is 5.92 Å². The maximum absolute atomic E-state index is 12.7. The van der Waals surface area contributed by atoms with Gasteiger partial charge in [0.2, 0.25) is 5.91 Å². The van der Waals surface area contributed by atoms with Crippen molar-refractivity contribution in [1.29, 1.82) is 0 Å². The zero-order valence-corrected chi connectivity index (χ0v) is 19.4. The number of likely N-dealkylation sites (N-methyl/N-ethyl adjacent to an activating group) is 1. The summed E-state index contributed by atoms with van der Waals surface area (Å²) in [4.78, 5) is 38.6. The lowest BCUT2D eigenvalue weighted by Gasteiger charge is -2.25. The molecule has 0 radical (unpaired) electrons. The highest BCUT2D eigenvalue weighted by Crippen LogP contribution is 2.44. The number of carbonyl (C=O) groups excluding carboxylic acids is 2. The fourth-order valence-corrected chi connectivity index (χ4v) is 4.11. The molecule has 0 spiro atoms. The Kier molecular flexibility index (Phi) is 7.71. The zero-order chi connectivity index (χ0) is 24.1. The SMILES string of the molecule is CC(C)[C@@H](NC(=O)C(CN(C)C)NC(=O)OCC1c2ccccc2-c2ccccc21)C(=O)O. The highest BCUT2D eigenvalue weighted by molar-refractivity contribution is 5.89. The molecule has 2 aromatic rings. The predicted octanol–water partition coefficient (Wildman–Crippen LogP) is 2.68. The van der Waals surface area contributed by atoms with E-state index < -0.39 is 30.1 Å². The summed E-state index contributed by atoms with van der Waals surface area (Å²) < 4.78 is 5.54. The minimum Gasteiger partial charge on any atom is -0.480 e. The lowest BCUT2D eigenvalue weighted by molar-refractivity contribution is -0.143. The summed E-state index contributed by atoms with van der Waals surface area (Å²) in [5.41, 5.74) is 4.44. The van der Waals surface area contributed by atoms with Gasteiger partial charge in [0.1, 0.15) is 18.7 Å². The third kappa shape index (κ3) is 5.70. The molecule has 1 aliphatic rings. The first-order valence-electron chi connectivity index (χ1n) is 11.0. The average Bonchev–Trinajstić information content (AvgIpc) is 3.08. The van der Waals surface area contributed by atoms with Gasteiger partial charge in [0.15, 0.2) is 0 Å². The van der Waals surface area contributed by atoms with E-state index in [0.717, 1.165) is 22.3 Å². The van der Waals surface area contributed by atoms with Crippen LogP contribution < -0.4 is 10.6 Å². The highest BCUT2D eigenvalue weighted by atomic mass is 16.5. The van der Waals surface area contributed by atoms with Crippen molar-refractivity contribution < 1.29 is 24.2 Å². The lowest BCUT2D eigenvalue weighted by Crippen LogP contribution is -2.56. The van der Waals surface area contributed by atoms with Gasteiger partial charge in [-0.25, -0.2) is 9.59 Å². The Balaban J connectivity index is 1.67. The van der Waals surface area contributed by atoms with Crippen molar-refractivity contribution in [2.45, 2.75) is 31.8 Å². The van der Waals surface area contributed by atoms with Crippen molar-refractivity contribution >= 4 is 18.0 Å². The van der Waals surface area contributed by atoms with E-state index in [9.17, 15) is 19.5 Å². The maximum Gasteiger partial charge on any atom is 0.407 e. The Bertz CT molecular complexity index is 975. The first-order valence-corrected chi connectivity index (χ1v) is 11.0. The summed E-state index contributed by atoms with van der Waals surface area (Å²) >= 11 is 0. The molecule has 0 saturated carbocycles. The number of carboxylic acids is 1. The van der Waals surface area contributed by atoms with E-state index in [1.165, 1.54) is 0 Å². The van der Waals surface area contributed by atoms with Crippen LogP contribution in [0.4, 0.5) is 4.79 Å². The van der Waals surface area contributed by atoms with Gasteiger partial charge in [-0.15, -0.1) is 0 Å². The zero-order valence-electron chi connectivity index (χ0n) is 19.4. The molecule has 2 atom stereocenters. The molecule has 3 rings (SSSR count). The molecule has 3 N–H and O–H groups in total. The summed E-state index contributed by atoms with van der Waals surface area (Å²) in [6, 6.07) is 14.0. The van der Waals surface area contributed by atoms with Crippen LogP contribution >= 0.6 is 0 Å². The Morgan fingerprint density at radius 2 is 1.52 bits per heavy atom. The van der Waals surface area contributed by atoms with Gasteiger partial charge in [-0.3, -0.25) is 4.79 Å². The van der Waals surface area contributed by atoms with Gasteiger partial charge in [-0.1, -0.05) is 62.4 Å². The molecule has 0 saturated heterocycles. The average molecular weight is 454 g/mol. The van der Waals surface area contributed by atoms with Crippen molar-refractivity contribution in [2.75, 3.05) is 27.2 Å². The van der Waals surface area contributed by atoms with Crippen LogP contribution in [-0.2, 0) is 14.3 Å². The number of nitrogens with zero attached hydrogens (tertiary/aromatic N) is 1. The number of rotatable bonds is 9. The summed E-state index contributed by atoms with van der Waals surface area (Å²) in [7, 11) is 3.52. The molecule has 176 valence electrons. The van der Waals surface area contributed by atoms with E-state index in [1.807, 2.05) is 36.4 Å².